The third kappa shape index (κ3) is 4.22. The van der Waals surface area contributed by atoms with Crippen LogP contribution in [0.4, 0.5) is 19.0 Å². The highest BCUT2D eigenvalue weighted by Crippen LogP contribution is 2.39. The average Bonchev–Trinajstić information content (AvgIpc) is 3.63. The van der Waals surface area contributed by atoms with Crippen LogP contribution in [0, 0.1) is 0 Å². The minimum absolute atomic E-state index is 0.180. The maximum Gasteiger partial charge on any atom is 0.433 e. The number of aromatic nitrogens is 4. The number of halogens is 3. The van der Waals surface area contributed by atoms with Crippen LogP contribution in [-0.2, 0) is 12.7 Å². The van der Waals surface area contributed by atoms with Crippen LogP contribution in [0.2, 0.25) is 0 Å². The second-order valence-corrected chi connectivity index (χ2v) is 8.21. The molecule has 0 spiro atoms. The molecule has 1 aliphatic heterocycles. The van der Waals surface area contributed by atoms with Gasteiger partial charge in [-0.15, -0.1) is 10.2 Å². The fourth-order valence-corrected chi connectivity index (χ4v) is 4.04. The quantitative estimate of drug-likeness (QED) is 0.726. The lowest BCUT2D eigenvalue weighted by Crippen LogP contribution is -2.46. The third-order valence-corrected chi connectivity index (χ3v) is 5.87. The first kappa shape index (κ1) is 18.8. The molecule has 3 fully saturated rings. The van der Waals surface area contributed by atoms with Crippen molar-refractivity contribution in [1.29, 1.82) is 0 Å². The van der Waals surface area contributed by atoms with Crippen LogP contribution in [0.1, 0.15) is 61.9 Å². The summed E-state index contributed by atoms with van der Waals surface area (Å²) in [5, 5.41) is 8.28. The lowest BCUT2D eigenvalue weighted by atomic mass is 10.0. The molecule has 0 radical (unpaired) electrons. The third-order valence-electron chi connectivity index (χ3n) is 5.87. The summed E-state index contributed by atoms with van der Waals surface area (Å²) in [6, 6.07) is 1.54. The second-order valence-electron chi connectivity index (χ2n) is 8.21. The summed E-state index contributed by atoms with van der Waals surface area (Å²) in [5.41, 5.74) is -0.881. The molecular formula is C19H23F3N6O. The molecule has 0 N–H and O–H groups in total. The Labute approximate surface area is 166 Å². The van der Waals surface area contributed by atoms with Gasteiger partial charge in [0.05, 0.1) is 6.54 Å². The number of hydrogen-bond acceptors (Lipinski definition) is 7. The number of rotatable bonds is 6. The minimum Gasteiger partial charge on any atom is -0.424 e. The van der Waals surface area contributed by atoms with Crippen molar-refractivity contribution in [3.05, 3.63) is 29.9 Å². The number of anilines is 1. The molecule has 5 rings (SSSR count). The van der Waals surface area contributed by atoms with E-state index in [4.69, 9.17) is 4.42 Å². The van der Waals surface area contributed by atoms with Crippen LogP contribution < -0.4 is 4.90 Å². The van der Waals surface area contributed by atoms with Gasteiger partial charge in [0.25, 0.3) is 0 Å². The first-order valence-corrected chi connectivity index (χ1v) is 10.2. The van der Waals surface area contributed by atoms with E-state index in [1.54, 1.807) is 0 Å². The van der Waals surface area contributed by atoms with Crippen molar-refractivity contribution in [3.8, 4) is 0 Å². The smallest absolute Gasteiger partial charge is 0.424 e. The van der Waals surface area contributed by atoms with E-state index in [1.165, 1.54) is 0 Å². The van der Waals surface area contributed by atoms with Gasteiger partial charge in [0.1, 0.15) is 17.8 Å². The minimum atomic E-state index is -4.46. The molecule has 1 saturated heterocycles. The number of alkyl halides is 3. The normalized spacial score (nSPS) is 21.5. The van der Waals surface area contributed by atoms with E-state index < -0.39 is 11.9 Å². The van der Waals surface area contributed by atoms with Gasteiger partial charge < -0.3 is 9.32 Å². The van der Waals surface area contributed by atoms with Gasteiger partial charge in [-0.2, -0.15) is 13.2 Å². The lowest BCUT2D eigenvalue weighted by Gasteiger charge is -2.39. The van der Waals surface area contributed by atoms with E-state index in [0.29, 0.717) is 24.2 Å². The molecule has 2 saturated carbocycles. The van der Waals surface area contributed by atoms with Crippen LogP contribution >= 0.6 is 0 Å². The summed E-state index contributed by atoms with van der Waals surface area (Å²) in [5.74, 6) is 2.23. The zero-order valence-electron chi connectivity index (χ0n) is 16.0. The van der Waals surface area contributed by atoms with Crippen LogP contribution in [0.3, 0.4) is 0 Å². The standard InChI is InChI=1S/C19H23F3N6O/c20-19(21,22)15-9-16(24-11-23-15)28(13-3-4-13)14-5-7-27(8-6-14)10-17-25-26-18(29-17)12-1-2-12/h9,11-14H,1-8,10H2. The van der Waals surface area contributed by atoms with Crippen molar-refractivity contribution in [2.24, 2.45) is 0 Å². The molecule has 3 heterocycles. The van der Waals surface area contributed by atoms with Crippen LogP contribution in [0.5, 0.6) is 0 Å². The highest BCUT2D eigenvalue weighted by molar-refractivity contribution is 5.44. The molecule has 2 aromatic rings. The summed E-state index contributed by atoms with van der Waals surface area (Å²) < 4.78 is 45.0. The van der Waals surface area contributed by atoms with Gasteiger partial charge >= 0.3 is 6.18 Å². The molecule has 2 aromatic heterocycles. The molecule has 29 heavy (non-hydrogen) atoms. The molecule has 7 nitrogen and oxygen atoms in total. The van der Waals surface area contributed by atoms with E-state index in [9.17, 15) is 13.2 Å². The summed E-state index contributed by atoms with van der Waals surface area (Å²) in [6.07, 6.45) is 2.55. The molecular weight excluding hydrogens is 385 g/mol. The molecule has 3 aliphatic rings. The van der Waals surface area contributed by atoms with Crippen molar-refractivity contribution in [2.45, 2.75) is 69.2 Å². The van der Waals surface area contributed by atoms with E-state index >= 15 is 0 Å². The zero-order chi connectivity index (χ0) is 20.0. The molecule has 10 heteroatoms. The lowest BCUT2D eigenvalue weighted by molar-refractivity contribution is -0.141. The van der Waals surface area contributed by atoms with Gasteiger partial charge in [0, 0.05) is 37.2 Å². The second kappa shape index (κ2) is 7.23. The van der Waals surface area contributed by atoms with E-state index in [2.05, 4.69) is 30.0 Å². The monoisotopic (exact) mass is 408 g/mol. The van der Waals surface area contributed by atoms with Gasteiger partial charge in [0.15, 0.2) is 0 Å². The van der Waals surface area contributed by atoms with Crippen LogP contribution in [-0.4, -0.2) is 50.2 Å². The molecule has 0 aromatic carbocycles. The Morgan fingerprint density at radius 2 is 1.72 bits per heavy atom. The van der Waals surface area contributed by atoms with Crippen molar-refractivity contribution >= 4 is 5.82 Å². The van der Waals surface area contributed by atoms with Crippen LogP contribution in [0.15, 0.2) is 16.8 Å². The van der Waals surface area contributed by atoms with Crippen molar-refractivity contribution in [2.75, 3.05) is 18.0 Å². The Balaban J connectivity index is 1.23. The predicted molar refractivity (Wildman–Crippen MR) is 97.1 cm³/mol. The number of likely N-dealkylation sites (tertiary alicyclic amines) is 1. The summed E-state index contributed by atoms with van der Waals surface area (Å²) in [7, 11) is 0. The Kier molecular flexibility index (Phi) is 4.68. The summed E-state index contributed by atoms with van der Waals surface area (Å²) in [6.45, 7) is 2.31. The predicted octanol–water partition coefficient (Wildman–Crippen LogP) is 3.39. The topological polar surface area (TPSA) is 71.2 Å². The highest BCUT2D eigenvalue weighted by atomic mass is 19.4. The summed E-state index contributed by atoms with van der Waals surface area (Å²) >= 11 is 0. The largest absolute Gasteiger partial charge is 0.433 e. The van der Waals surface area contributed by atoms with Crippen molar-refractivity contribution in [1.82, 2.24) is 25.1 Å². The van der Waals surface area contributed by atoms with Gasteiger partial charge in [-0.05, 0) is 38.5 Å². The molecule has 0 amide bonds. The van der Waals surface area contributed by atoms with Gasteiger partial charge in [-0.3, -0.25) is 4.90 Å². The van der Waals surface area contributed by atoms with Crippen molar-refractivity contribution < 1.29 is 17.6 Å². The SMILES string of the molecule is FC(F)(F)c1cc(N(C2CC2)C2CCN(Cc3nnc(C4CC4)o3)CC2)ncn1. The van der Waals surface area contributed by atoms with Gasteiger partial charge in [-0.1, -0.05) is 0 Å². The Morgan fingerprint density at radius 1 is 1.00 bits per heavy atom. The fourth-order valence-electron chi connectivity index (χ4n) is 4.04. The maximum absolute atomic E-state index is 13.1. The number of nitrogens with zero attached hydrogens (tertiary/aromatic N) is 6. The Bertz CT molecular complexity index is 856. The maximum atomic E-state index is 13.1. The van der Waals surface area contributed by atoms with Crippen LogP contribution in [0.25, 0.3) is 0 Å². The molecule has 2 aliphatic carbocycles. The number of hydrogen-bond donors (Lipinski definition) is 0. The molecule has 0 bridgehead atoms. The first-order chi connectivity index (χ1) is 14.0. The number of piperidine rings is 1. The summed E-state index contributed by atoms with van der Waals surface area (Å²) in [4.78, 5) is 11.9. The molecule has 0 unspecified atom stereocenters. The average molecular weight is 408 g/mol. The fraction of sp³-hybridized carbons (Fsp3) is 0.684. The van der Waals surface area contributed by atoms with E-state index in [1.807, 2.05) is 0 Å². The highest BCUT2D eigenvalue weighted by Gasteiger charge is 2.39. The van der Waals surface area contributed by atoms with E-state index in [-0.39, 0.29) is 12.1 Å². The Morgan fingerprint density at radius 3 is 2.38 bits per heavy atom. The van der Waals surface area contributed by atoms with E-state index in [0.717, 1.165) is 69.9 Å². The molecule has 0 atom stereocenters. The Hall–Kier alpha value is -2.23. The van der Waals surface area contributed by atoms with Gasteiger partial charge in [0.2, 0.25) is 11.8 Å². The van der Waals surface area contributed by atoms with Crippen molar-refractivity contribution in [3.63, 3.8) is 0 Å². The molecule has 156 valence electrons. The zero-order valence-corrected chi connectivity index (χ0v) is 16.0. The van der Waals surface area contributed by atoms with Gasteiger partial charge in [-0.25, -0.2) is 9.97 Å². The first-order valence-electron chi connectivity index (χ1n) is 10.2.